The highest BCUT2D eigenvalue weighted by molar-refractivity contribution is 7.93. The zero-order valence-electron chi connectivity index (χ0n) is 13.1. The van der Waals surface area contributed by atoms with E-state index in [9.17, 15) is 30.4 Å². The van der Waals surface area contributed by atoms with Gasteiger partial charge >= 0.3 is 5.25 Å². The van der Waals surface area contributed by atoms with Crippen LogP contribution in [-0.4, -0.2) is 13.7 Å². The third kappa shape index (κ3) is 2.09. The van der Waals surface area contributed by atoms with Crippen molar-refractivity contribution >= 4 is 15.5 Å². The first-order valence-electron chi connectivity index (χ1n) is 7.51. The van der Waals surface area contributed by atoms with Crippen LogP contribution in [0, 0.1) is 12.4 Å². The van der Waals surface area contributed by atoms with Crippen LogP contribution >= 0.6 is 0 Å². The Bertz CT molecular complexity index is 1140. The fourth-order valence-corrected chi connectivity index (χ4v) is 5.15. The predicted octanol–water partition coefficient (Wildman–Crippen LogP) is 5.13. The fourth-order valence-electron chi connectivity index (χ4n) is 3.48. The molecule has 2 atom stereocenters. The summed E-state index contributed by atoms with van der Waals surface area (Å²) in [5.74, 6) is -1.49. The van der Waals surface area contributed by atoms with E-state index in [4.69, 9.17) is 11.3 Å². The van der Waals surface area contributed by atoms with Crippen LogP contribution in [0.2, 0.25) is 0 Å². The number of nitrogens with zero attached hydrogens (tertiary/aromatic N) is 1. The molecule has 4 nitrogen and oxygen atoms in total. The van der Waals surface area contributed by atoms with E-state index in [1.165, 1.54) is 0 Å². The quantitative estimate of drug-likeness (QED) is 0.518. The molecule has 27 heavy (non-hydrogen) atoms. The van der Waals surface area contributed by atoms with E-state index in [-0.39, 0.29) is 11.4 Å². The number of sulfone groups is 1. The van der Waals surface area contributed by atoms with E-state index < -0.39 is 60.9 Å². The van der Waals surface area contributed by atoms with Gasteiger partial charge in [-0.15, -0.1) is 0 Å². The Labute approximate surface area is 149 Å². The van der Waals surface area contributed by atoms with Crippen molar-refractivity contribution in [3.05, 3.63) is 58.7 Å². The van der Waals surface area contributed by atoms with Gasteiger partial charge in [0.2, 0.25) is 15.5 Å². The first-order valence-corrected chi connectivity index (χ1v) is 9.00. The van der Waals surface area contributed by atoms with E-state index in [2.05, 4.69) is 4.85 Å². The Hall–Kier alpha value is -2.67. The van der Waals surface area contributed by atoms with Crippen LogP contribution < -0.4 is 4.74 Å². The molecule has 0 amide bonds. The molecule has 0 radical (unpaired) electrons. The van der Waals surface area contributed by atoms with Crippen molar-refractivity contribution in [3.8, 4) is 11.5 Å². The van der Waals surface area contributed by atoms with Crippen molar-refractivity contribution < 1.29 is 35.1 Å². The Balaban J connectivity index is 1.91. The monoisotopic (exact) mass is 401 g/mol. The van der Waals surface area contributed by atoms with Gasteiger partial charge in [-0.2, -0.15) is 8.78 Å². The van der Waals surface area contributed by atoms with Gasteiger partial charge in [0.15, 0.2) is 5.69 Å². The molecule has 2 aromatic rings. The lowest BCUT2D eigenvalue weighted by Crippen LogP contribution is -2.40. The predicted molar refractivity (Wildman–Crippen MR) is 82.6 cm³/mol. The van der Waals surface area contributed by atoms with Gasteiger partial charge in [0.25, 0.3) is 0 Å². The molecular formula is C17H8F5NO3S. The van der Waals surface area contributed by atoms with Gasteiger partial charge in [-0.1, -0.05) is 0 Å². The Morgan fingerprint density at radius 1 is 1.19 bits per heavy atom. The molecule has 1 aliphatic carbocycles. The summed E-state index contributed by atoms with van der Waals surface area (Å²) < 4.78 is 101. The van der Waals surface area contributed by atoms with E-state index in [0.717, 1.165) is 24.3 Å². The van der Waals surface area contributed by atoms with Crippen molar-refractivity contribution in [1.29, 1.82) is 0 Å². The first-order chi connectivity index (χ1) is 12.5. The lowest BCUT2D eigenvalue weighted by atomic mass is 9.98. The zero-order valence-corrected chi connectivity index (χ0v) is 14.0. The first kappa shape index (κ1) is 17.7. The average Bonchev–Trinajstić information content (AvgIpc) is 2.92. The van der Waals surface area contributed by atoms with E-state index >= 15 is 0 Å². The summed E-state index contributed by atoms with van der Waals surface area (Å²) in [5.41, 5.74) is -5.45. The standard InChI is InChI=1S/C17H8F5NO3S/c1-23-9-4-8(18)5-10(6-9)26-12-2-3-13-15-14(12)11(19)7-16(15,20)17(21,22)27(13,24)25/h2-6,11H,7H2. The molecule has 0 saturated carbocycles. The van der Waals surface area contributed by atoms with Gasteiger partial charge in [0.1, 0.15) is 23.5 Å². The third-order valence-corrected chi connectivity index (χ3v) is 6.56. The summed E-state index contributed by atoms with van der Waals surface area (Å²) in [5, 5.41) is -4.81. The smallest absolute Gasteiger partial charge is 0.387 e. The van der Waals surface area contributed by atoms with Crippen LogP contribution in [0.5, 0.6) is 11.5 Å². The van der Waals surface area contributed by atoms with E-state index in [1.807, 2.05) is 0 Å². The molecular weight excluding hydrogens is 393 g/mol. The van der Waals surface area contributed by atoms with Crippen LogP contribution in [0.4, 0.5) is 27.6 Å². The minimum Gasteiger partial charge on any atom is -0.458 e. The second kappa shape index (κ2) is 5.19. The third-order valence-electron chi connectivity index (χ3n) is 4.64. The van der Waals surface area contributed by atoms with Gasteiger partial charge in [0.05, 0.1) is 11.5 Å². The number of hydrogen-bond acceptors (Lipinski definition) is 3. The molecule has 2 aliphatic rings. The maximum absolute atomic E-state index is 15.0. The highest BCUT2D eigenvalue weighted by Gasteiger charge is 2.75. The second-order valence-electron chi connectivity index (χ2n) is 6.20. The summed E-state index contributed by atoms with van der Waals surface area (Å²) >= 11 is 0. The fraction of sp³-hybridized carbons (Fsp3) is 0.235. The molecule has 1 aliphatic heterocycles. The van der Waals surface area contributed by atoms with Crippen LogP contribution in [0.15, 0.2) is 35.2 Å². The van der Waals surface area contributed by atoms with Gasteiger partial charge in [-0.3, -0.25) is 0 Å². The molecule has 0 aromatic heterocycles. The lowest BCUT2D eigenvalue weighted by molar-refractivity contribution is -0.0772. The van der Waals surface area contributed by atoms with Crippen LogP contribution in [0.3, 0.4) is 0 Å². The summed E-state index contributed by atoms with van der Waals surface area (Å²) in [6.45, 7) is 6.89. The summed E-state index contributed by atoms with van der Waals surface area (Å²) in [6.07, 6.45) is -3.62. The normalized spacial score (nSPS) is 26.4. The Kier molecular flexibility index (Phi) is 3.41. The zero-order chi connectivity index (χ0) is 19.8. The number of benzene rings is 2. The van der Waals surface area contributed by atoms with Crippen LogP contribution in [0.25, 0.3) is 4.85 Å². The summed E-state index contributed by atoms with van der Waals surface area (Å²) in [7, 11) is -5.32. The van der Waals surface area contributed by atoms with Gasteiger partial charge < -0.3 is 4.74 Å². The number of rotatable bonds is 2. The van der Waals surface area contributed by atoms with Gasteiger partial charge in [0, 0.05) is 23.6 Å². The number of alkyl halides is 4. The maximum atomic E-state index is 15.0. The summed E-state index contributed by atoms with van der Waals surface area (Å²) in [6, 6.07) is 4.52. The SMILES string of the molecule is [C-]#[N+]c1cc(F)cc(Oc2ccc3c4c2C(F)CC4(F)C(F)(F)S3(=O)=O)c1. The molecule has 0 spiro atoms. The molecule has 10 heteroatoms. The van der Waals surface area contributed by atoms with E-state index in [1.54, 1.807) is 0 Å². The maximum Gasteiger partial charge on any atom is 0.387 e. The summed E-state index contributed by atoms with van der Waals surface area (Å²) in [4.78, 5) is 2.04. The van der Waals surface area contributed by atoms with E-state index in [0.29, 0.717) is 6.07 Å². The minimum atomic E-state index is -5.32. The molecule has 0 fully saturated rings. The molecule has 2 aromatic carbocycles. The molecule has 2 unspecified atom stereocenters. The van der Waals surface area contributed by atoms with Crippen LogP contribution in [-0.2, 0) is 15.5 Å². The molecule has 0 bridgehead atoms. The van der Waals surface area contributed by atoms with Crippen molar-refractivity contribution in [1.82, 2.24) is 0 Å². The van der Waals surface area contributed by atoms with Gasteiger partial charge in [-0.05, 0) is 24.3 Å². The molecule has 1 heterocycles. The topological polar surface area (TPSA) is 47.7 Å². The molecule has 140 valence electrons. The molecule has 0 saturated heterocycles. The van der Waals surface area contributed by atoms with Crippen molar-refractivity contribution in [3.63, 3.8) is 0 Å². The highest BCUT2D eigenvalue weighted by atomic mass is 32.2. The number of halogens is 5. The second-order valence-corrected chi connectivity index (χ2v) is 8.16. The Morgan fingerprint density at radius 2 is 1.89 bits per heavy atom. The largest absolute Gasteiger partial charge is 0.458 e. The average molecular weight is 401 g/mol. The minimum absolute atomic E-state index is 0.131. The Morgan fingerprint density at radius 3 is 2.56 bits per heavy atom. The van der Waals surface area contributed by atoms with Crippen molar-refractivity contribution in [2.45, 2.75) is 28.4 Å². The van der Waals surface area contributed by atoms with Crippen molar-refractivity contribution in [2.75, 3.05) is 0 Å². The molecule has 4 rings (SSSR count). The molecule has 0 N–H and O–H groups in total. The number of hydrogen-bond donors (Lipinski definition) is 0. The number of ether oxygens (including phenoxy) is 1. The van der Waals surface area contributed by atoms with Crippen molar-refractivity contribution in [2.24, 2.45) is 0 Å². The van der Waals surface area contributed by atoms with Gasteiger partial charge in [-0.25, -0.2) is 26.4 Å². The highest BCUT2D eigenvalue weighted by Crippen LogP contribution is 2.66. The lowest BCUT2D eigenvalue weighted by Gasteiger charge is -2.22. The van der Waals surface area contributed by atoms with Crippen LogP contribution in [0.1, 0.15) is 23.7 Å².